The van der Waals surface area contributed by atoms with Crippen molar-refractivity contribution in [1.82, 2.24) is 4.98 Å². The Morgan fingerprint density at radius 3 is 1.30 bits per heavy atom. The quantitative estimate of drug-likeness (QED) is 0.457. The molecule has 2 aliphatic carbocycles. The summed E-state index contributed by atoms with van der Waals surface area (Å²) in [5.74, 6) is 0. The third kappa shape index (κ3) is 15.8. The lowest BCUT2D eigenvalue weighted by atomic mass is 9.92. The molecule has 1 aromatic heterocycles. The Labute approximate surface area is 169 Å². The lowest BCUT2D eigenvalue weighted by Crippen LogP contribution is -2.00. The highest BCUT2D eigenvalue weighted by atomic mass is 14.6. The van der Waals surface area contributed by atoms with Gasteiger partial charge in [0, 0.05) is 12.4 Å². The topological polar surface area (TPSA) is 12.9 Å². The zero-order valence-corrected chi connectivity index (χ0v) is 18.5. The van der Waals surface area contributed by atoms with Crippen LogP contribution < -0.4 is 0 Å². The summed E-state index contributed by atoms with van der Waals surface area (Å²) >= 11 is 0. The summed E-state index contributed by atoms with van der Waals surface area (Å²) in [5, 5.41) is 0. The van der Waals surface area contributed by atoms with Gasteiger partial charge in [-0.2, -0.15) is 0 Å². The van der Waals surface area contributed by atoms with Gasteiger partial charge in [0.05, 0.1) is 0 Å². The van der Waals surface area contributed by atoms with E-state index >= 15 is 0 Å². The van der Waals surface area contributed by atoms with Crippen molar-refractivity contribution in [3.8, 4) is 0 Å². The molecule has 2 aliphatic rings. The van der Waals surface area contributed by atoms with Crippen LogP contribution >= 0.6 is 0 Å². The number of fused-ring (bicyclic) bond motifs is 1. The Kier molecular flexibility index (Phi) is 23.9. The van der Waals surface area contributed by atoms with E-state index in [1.165, 1.54) is 25.7 Å². The molecule has 2 aromatic rings. The van der Waals surface area contributed by atoms with Crippen LogP contribution in [0.5, 0.6) is 0 Å². The van der Waals surface area contributed by atoms with Gasteiger partial charge in [0.15, 0.2) is 0 Å². The molecule has 0 N–H and O–H groups in total. The lowest BCUT2D eigenvalue weighted by molar-refractivity contribution is 0.685. The molecule has 1 nitrogen and oxygen atoms in total. The Hall–Kier alpha value is -2.15. The molecule has 0 bridgehead atoms. The molecule has 27 heavy (non-hydrogen) atoms. The Bertz CT molecular complexity index is 494. The molecule has 0 amide bonds. The van der Waals surface area contributed by atoms with Crippen molar-refractivity contribution in [3.63, 3.8) is 0 Å². The first-order valence-electron chi connectivity index (χ1n) is 10.7. The van der Waals surface area contributed by atoms with Gasteiger partial charge in [-0.25, -0.2) is 0 Å². The molecule has 4 rings (SSSR count). The van der Waals surface area contributed by atoms with Crippen molar-refractivity contribution in [2.45, 2.75) is 73.6 Å². The van der Waals surface area contributed by atoms with Crippen LogP contribution in [-0.2, 0) is 12.8 Å². The average molecular weight is 368 g/mol. The molecule has 1 aromatic carbocycles. The number of allylic oxidation sites excluding steroid dienone is 4. The maximum atomic E-state index is 3.78. The third-order valence-corrected chi connectivity index (χ3v) is 3.48. The Balaban J connectivity index is 0. The van der Waals surface area contributed by atoms with Gasteiger partial charge in [0.2, 0.25) is 0 Å². The van der Waals surface area contributed by atoms with Gasteiger partial charge < -0.3 is 0 Å². The van der Waals surface area contributed by atoms with Crippen LogP contribution in [0.3, 0.4) is 0 Å². The normalized spacial score (nSPS) is 11.8. The average Bonchev–Trinajstić information content (AvgIpc) is 3.40. The van der Waals surface area contributed by atoms with Crippen molar-refractivity contribution in [2.75, 3.05) is 0 Å². The van der Waals surface area contributed by atoms with Gasteiger partial charge in [0.1, 0.15) is 0 Å². The summed E-state index contributed by atoms with van der Waals surface area (Å²) in [4.78, 5) is 3.78. The van der Waals surface area contributed by atoms with Gasteiger partial charge in [-0.3, -0.25) is 4.98 Å². The van der Waals surface area contributed by atoms with Crippen molar-refractivity contribution >= 4 is 0 Å². The van der Waals surface area contributed by atoms with E-state index in [9.17, 15) is 0 Å². The highest BCUT2D eigenvalue weighted by Crippen LogP contribution is 2.19. The smallest absolute Gasteiger partial charge is 0.0267 e. The standard InChI is InChI=1S/C10H12.C5H5N.C5H6.3C2H6/c1-2-6-10-8-4-3-7-9(10)5-1;1-2-4-6-5-3-1;1-2-4-5-3-1;3*1-2/h1-2,5-6H,3-4,7-8H2;1-5H;1-4H,5H2;3*1-2H3. The lowest BCUT2D eigenvalue weighted by Gasteiger charge is -2.13. The summed E-state index contributed by atoms with van der Waals surface area (Å²) in [6, 6.07) is 14.5. The third-order valence-electron chi connectivity index (χ3n) is 3.48. The van der Waals surface area contributed by atoms with Gasteiger partial charge in [-0.1, -0.05) is 96.2 Å². The molecule has 1 heterocycles. The minimum Gasteiger partial charge on any atom is -0.265 e. The second-order valence-corrected chi connectivity index (χ2v) is 5.09. The van der Waals surface area contributed by atoms with Gasteiger partial charge in [-0.05, 0) is 55.4 Å². The van der Waals surface area contributed by atoms with E-state index in [4.69, 9.17) is 0 Å². The first-order valence-corrected chi connectivity index (χ1v) is 10.7. The van der Waals surface area contributed by atoms with Gasteiger partial charge in [-0.15, -0.1) is 0 Å². The zero-order valence-electron chi connectivity index (χ0n) is 18.5. The second kappa shape index (κ2) is 23.9. The number of hydrogen-bond acceptors (Lipinski definition) is 1. The van der Waals surface area contributed by atoms with Crippen molar-refractivity contribution in [1.29, 1.82) is 0 Å². The largest absolute Gasteiger partial charge is 0.265 e. The molecule has 0 saturated carbocycles. The molecule has 0 aliphatic heterocycles. The van der Waals surface area contributed by atoms with E-state index in [0.717, 1.165) is 6.42 Å². The van der Waals surface area contributed by atoms with Crippen molar-refractivity contribution in [2.24, 2.45) is 0 Å². The molecule has 0 radical (unpaired) electrons. The summed E-state index contributed by atoms with van der Waals surface area (Å²) in [5.41, 5.74) is 3.16. The molecule has 0 atom stereocenters. The van der Waals surface area contributed by atoms with Crippen LogP contribution in [0.4, 0.5) is 0 Å². The SMILES string of the molecule is C1=CCC=C1.CC.CC.CC.c1ccc2c(c1)CCCC2.c1ccncc1. The van der Waals surface area contributed by atoms with Crippen LogP contribution in [0, 0.1) is 0 Å². The fraction of sp³-hybridized carbons (Fsp3) is 0.423. The van der Waals surface area contributed by atoms with Crippen LogP contribution in [0.2, 0.25) is 0 Å². The predicted octanol–water partition coefficient (Wildman–Crippen LogP) is 8.23. The molecular formula is C26H41N. The summed E-state index contributed by atoms with van der Waals surface area (Å²) in [6.07, 6.45) is 18.4. The van der Waals surface area contributed by atoms with Crippen LogP contribution in [-0.4, -0.2) is 4.98 Å². The second-order valence-electron chi connectivity index (χ2n) is 5.09. The van der Waals surface area contributed by atoms with Gasteiger partial charge >= 0.3 is 0 Å². The number of aromatic nitrogens is 1. The monoisotopic (exact) mass is 367 g/mol. The molecule has 0 fully saturated rings. The predicted molar refractivity (Wildman–Crippen MR) is 124 cm³/mol. The highest BCUT2D eigenvalue weighted by Gasteiger charge is 2.05. The fourth-order valence-electron chi connectivity index (χ4n) is 2.38. The fourth-order valence-corrected chi connectivity index (χ4v) is 2.38. The molecule has 0 saturated heterocycles. The first kappa shape index (κ1) is 27.1. The van der Waals surface area contributed by atoms with Crippen LogP contribution in [0.15, 0.2) is 79.2 Å². The van der Waals surface area contributed by atoms with Gasteiger partial charge in [0.25, 0.3) is 0 Å². The van der Waals surface area contributed by atoms with E-state index in [0.29, 0.717) is 0 Å². The first-order chi connectivity index (χ1) is 13.5. The van der Waals surface area contributed by atoms with E-state index in [2.05, 4.69) is 53.6 Å². The zero-order chi connectivity index (χ0) is 20.6. The molecule has 150 valence electrons. The summed E-state index contributed by atoms with van der Waals surface area (Å²) in [7, 11) is 0. The number of pyridine rings is 1. The van der Waals surface area contributed by atoms with E-state index in [1.807, 2.05) is 59.7 Å². The minimum atomic E-state index is 1.14. The van der Waals surface area contributed by atoms with Crippen LogP contribution in [0.25, 0.3) is 0 Å². The number of nitrogens with zero attached hydrogens (tertiary/aromatic N) is 1. The molecule has 0 spiro atoms. The number of rotatable bonds is 0. The Morgan fingerprint density at radius 1 is 0.593 bits per heavy atom. The molecular weight excluding hydrogens is 326 g/mol. The maximum absolute atomic E-state index is 3.78. The van der Waals surface area contributed by atoms with E-state index in [1.54, 1.807) is 23.5 Å². The summed E-state index contributed by atoms with van der Waals surface area (Å²) in [6.45, 7) is 12.0. The number of hydrogen-bond donors (Lipinski definition) is 0. The molecule has 1 heteroatoms. The van der Waals surface area contributed by atoms with E-state index < -0.39 is 0 Å². The number of aryl methyl sites for hydroxylation is 2. The summed E-state index contributed by atoms with van der Waals surface area (Å²) < 4.78 is 0. The van der Waals surface area contributed by atoms with Crippen molar-refractivity contribution in [3.05, 3.63) is 90.3 Å². The number of benzene rings is 1. The van der Waals surface area contributed by atoms with E-state index in [-0.39, 0.29) is 0 Å². The Morgan fingerprint density at radius 2 is 1.04 bits per heavy atom. The highest BCUT2D eigenvalue weighted by molar-refractivity contribution is 5.28. The van der Waals surface area contributed by atoms with Crippen molar-refractivity contribution < 1.29 is 0 Å². The molecule has 0 unspecified atom stereocenters. The maximum Gasteiger partial charge on any atom is 0.0267 e. The minimum absolute atomic E-state index is 1.14. The van der Waals surface area contributed by atoms with Crippen LogP contribution in [0.1, 0.15) is 71.9 Å².